The van der Waals surface area contributed by atoms with Crippen LogP contribution in [0.1, 0.15) is 18.9 Å². The first kappa shape index (κ1) is 18.6. The number of rotatable bonds is 6. The van der Waals surface area contributed by atoms with Crippen LogP contribution in [0, 0.1) is 5.82 Å². The molecule has 0 saturated carbocycles. The number of nitrogens with one attached hydrogen (secondary N) is 2. The lowest BCUT2D eigenvalue weighted by Gasteiger charge is -2.16. The van der Waals surface area contributed by atoms with E-state index in [0.29, 0.717) is 18.7 Å². The van der Waals surface area contributed by atoms with E-state index in [2.05, 4.69) is 10.6 Å². The van der Waals surface area contributed by atoms with Crippen LogP contribution in [-0.4, -0.2) is 35.2 Å². The quantitative estimate of drug-likeness (QED) is 0.767. The van der Waals surface area contributed by atoms with Gasteiger partial charge in [0.15, 0.2) is 0 Å². The Kier molecular flexibility index (Phi) is 5.49. The number of carbonyl (C=O) groups excluding carboxylic acids is 3. The summed E-state index contributed by atoms with van der Waals surface area (Å²) in [6, 6.07) is 13.0. The van der Waals surface area contributed by atoms with Crippen molar-refractivity contribution in [1.82, 2.24) is 4.90 Å². The first-order chi connectivity index (χ1) is 12.9. The molecule has 7 heteroatoms. The molecule has 1 unspecified atom stereocenters. The summed E-state index contributed by atoms with van der Waals surface area (Å²) in [7, 11) is 0. The maximum atomic E-state index is 13.7. The molecule has 1 atom stereocenters. The molecule has 3 rings (SSSR count). The zero-order valence-corrected chi connectivity index (χ0v) is 14.9. The fraction of sp³-hybridized carbons (Fsp3) is 0.250. The Labute approximate surface area is 156 Å². The summed E-state index contributed by atoms with van der Waals surface area (Å²) in [5, 5.41) is 5.35. The van der Waals surface area contributed by atoms with Gasteiger partial charge in [0.1, 0.15) is 11.9 Å². The average Bonchev–Trinajstić information content (AvgIpc) is 2.90. The third-order valence-electron chi connectivity index (χ3n) is 4.33. The highest BCUT2D eigenvalue weighted by atomic mass is 19.1. The molecular formula is C20H20FN3O3. The molecule has 0 spiro atoms. The molecule has 0 aromatic heterocycles. The zero-order chi connectivity index (χ0) is 19.4. The van der Waals surface area contributed by atoms with Crippen LogP contribution in [0.4, 0.5) is 15.8 Å². The van der Waals surface area contributed by atoms with Gasteiger partial charge < -0.3 is 10.6 Å². The molecule has 140 valence electrons. The first-order valence-electron chi connectivity index (χ1n) is 8.66. The third kappa shape index (κ3) is 4.49. The van der Waals surface area contributed by atoms with Crippen molar-refractivity contribution in [2.75, 3.05) is 17.2 Å². The molecule has 1 fully saturated rings. The van der Waals surface area contributed by atoms with Gasteiger partial charge in [-0.1, -0.05) is 30.3 Å². The number of nitrogens with zero attached hydrogens (tertiary/aromatic N) is 1. The average molecular weight is 369 g/mol. The number of carbonyl (C=O) groups is 3. The Morgan fingerprint density at radius 1 is 1.19 bits per heavy atom. The number of amides is 3. The Morgan fingerprint density at radius 3 is 2.63 bits per heavy atom. The maximum Gasteiger partial charge on any atom is 0.252 e. The van der Waals surface area contributed by atoms with Crippen LogP contribution in [-0.2, 0) is 20.8 Å². The predicted molar refractivity (Wildman–Crippen MR) is 99.6 cm³/mol. The monoisotopic (exact) mass is 369 g/mol. The van der Waals surface area contributed by atoms with Crippen LogP contribution in [0.3, 0.4) is 0 Å². The number of hydrogen-bond donors (Lipinski definition) is 2. The van der Waals surface area contributed by atoms with Crippen LogP contribution in [0.25, 0.3) is 0 Å². The Bertz CT molecular complexity index is 870. The van der Waals surface area contributed by atoms with Crippen LogP contribution >= 0.6 is 0 Å². The molecule has 6 nitrogen and oxygen atoms in total. The van der Waals surface area contributed by atoms with Gasteiger partial charge in [-0.3, -0.25) is 19.3 Å². The van der Waals surface area contributed by atoms with Gasteiger partial charge in [-0.05, 0) is 30.2 Å². The van der Waals surface area contributed by atoms with Crippen LogP contribution in [0.5, 0.6) is 0 Å². The highest BCUT2D eigenvalue weighted by Crippen LogP contribution is 2.23. The maximum absolute atomic E-state index is 13.7. The molecule has 2 N–H and O–H groups in total. The van der Waals surface area contributed by atoms with Crippen molar-refractivity contribution in [3.8, 4) is 0 Å². The molecule has 2 aromatic carbocycles. The second-order valence-corrected chi connectivity index (χ2v) is 6.40. The number of anilines is 2. The molecule has 3 amide bonds. The van der Waals surface area contributed by atoms with Crippen molar-refractivity contribution in [1.29, 1.82) is 0 Å². The van der Waals surface area contributed by atoms with Crippen molar-refractivity contribution >= 4 is 29.1 Å². The van der Waals surface area contributed by atoms with E-state index in [1.807, 2.05) is 30.3 Å². The van der Waals surface area contributed by atoms with Gasteiger partial charge in [0, 0.05) is 19.2 Å². The fourth-order valence-electron chi connectivity index (χ4n) is 3.02. The van der Waals surface area contributed by atoms with E-state index in [9.17, 15) is 18.8 Å². The van der Waals surface area contributed by atoms with Gasteiger partial charge in [0.05, 0.1) is 12.1 Å². The molecular weight excluding hydrogens is 349 g/mol. The summed E-state index contributed by atoms with van der Waals surface area (Å²) in [5.74, 6) is -1.52. The van der Waals surface area contributed by atoms with Gasteiger partial charge in [-0.25, -0.2) is 4.39 Å². The Morgan fingerprint density at radius 2 is 1.93 bits per heavy atom. The molecule has 27 heavy (non-hydrogen) atoms. The lowest BCUT2D eigenvalue weighted by Crippen LogP contribution is -2.36. The van der Waals surface area contributed by atoms with Gasteiger partial charge in [0.2, 0.25) is 11.8 Å². The SMILES string of the molecule is CC(=O)Nc1cc(NC2CC(=O)N(CCc3ccccc3)C2=O)ccc1F. The van der Waals surface area contributed by atoms with E-state index < -0.39 is 17.8 Å². The van der Waals surface area contributed by atoms with Gasteiger partial charge in [-0.15, -0.1) is 0 Å². The van der Waals surface area contributed by atoms with E-state index in [1.165, 1.54) is 30.0 Å². The topological polar surface area (TPSA) is 78.5 Å². The highest BCUT2D eigenvalue weighted by Gasteiger charge is 2.38. The standard InChI is InChI=1S/C20H20FN3O3/c1-13(25)22-17-11-15(7-8-16(17)21)23-18-12-19(26)24(20(18)27)10-9-14-5-3-2-4-6-14/h2-8,11,18,23H,9-10,12H2,1H3,(H,22,25). The fourth-order valence-corrected chi connectivity index (χ4v) is 3.02. The van der Waals surface area contributed by atoms with E-state index in [4.69, 9.17) is 0 Å². The van der Waals surface area contributed by atoms with Crippen LogP contribution in [0.15, 0.2) is 48.5 Å². The van der Waals surface area contributed by atoms with Gasteiger partial charge in [0.25, 0.3) is 5.91 Å². The normalized spacial score (nSPS) is 16.5. The minimum Gasteiger partial charge on any atom is -0.373 e. The van der Waals surface area contributed by atoms with Gasteiger partial charge in [-0.2, -0.15) is 0 Å². The highest BCUT2D eigenvalue weighted by molar-refractivity contribution is 6.06. The molecule has 0 bridgehead atoms. The first-order valence-corrected chi connectivity index (χ1v) is 8.66. The molecule has 1 saturated heterocycles. The molecule has 0 radical (unpaired) electrons. The Hall–Kier alpha value is -3.22. The number of benzene rings is 2. The number of imide groups is 1. The summed E-state index contributed by atoms with van der Waals surface area (Å²) < 4.78 is 13.7. The van der Waals surface area contributed by atoms with E-state index in [0.717, 1.165) is 5.56 Å². The summed E-state index contributed by atoms with van der Waals surface area (Å²) >= 11 is 0. The van der Waals surface area contributed by atoms with Crippen molar-refractivity contribution in [2.24, 2.45) is 0 Å². The van der Waals surface area contributed by atoms with Crippen molar-refractivity contribution in [2.45, 2.75) is 25.8 Å². The van der Waals surface area contributed by atoms with Crippen molar-refractivity contribution in [3.05, 3.63) is 59.9 Å². The summed E-state index contributed by atoms with van der Waals surface area (Å²) in [6.07, 6.45) is 0.634. The summed E-state index contributed by atoms with van der Waals surface area (Å²) in [4.78, 5) is 37.2. The number of likely N-dealkylation sites (tertiary alicyclic amines) is 1. The molecule has 2 aromatic rings. The molecule has 0 aliphatic carbocycles. The minimum absolute atomic E-state index is 0.0187. The van der Waals surface area contributed by atoms with Crippen molar-refractivity contribution in [3.63, 3.8) is 0 Å². The van der Waals surface area contributed by atoms with E-state index >= 15 is 0 Å². The lowest BCUT2D eigenvalue weighted by atomic mass is 10.1. The lowest BCUT2D eigenvalue weighted by molar-refractivity contribution is -0.138. The smallest absolute Gasteiger partial charge is 0.252 e. The number of halogens is 1. The third-order valence-corrected chi connectivity index (χ3v) is 4.33. The second-order valence-electron chi connectivity index (χ2n) is 6.40. The molecule has 1 aliphatic heterocycles. The van der Waals surface area contributed by atoms with Gasteiger partial charge >= 0.3 is 0 Å². The zero-order valence-electron chi connectivity index (χ0n) is 14.9. The summed E-state index contributed by atoms with van der Waals surface area (Å²) in [6.45, 7) is 1.60. The van der Waals surface area contributed by atoms with Crippen LogP contribution in [0.2, 0.25) is 0 Å². The Balaban J connectivity index is 1.65. The minimum atomic E-state index is -0.705. The molecule has 1 heterocycles. The van der Waals surface area contributed by atoms with E-state index in [-0.39, 0.29) is 23.9 Å². The molecule has 1 aliphatic rings. The number of hydrogen-bond acceptors (Lipinski definition) is 4. The summed E-state index contributed by atoms with van der Waals surface area (Å²) in [5.41, 5.74) is 1.52. The second kappa shape index (κ2) is 7.99. The van der Waals surface area contributed by atoms with Crippen molar-refractivity contribution < 1.29 is 18.8 Å². The predicted octanol–water partition coefficient (Wildman–Crippen LogP) is 2.57. The van der Waals surface area contributed by atoms with E-state index in [1.54, 1.807) is 0 Å². The van der Waals surface area contributed by atoms with Crippen LogP contribution < -0.4 is 10.6 Å². The largest absolute Gasteiger partial charge is 0.373 e.